The van der Waals surface area contributed by atoms with Crippen LogP contribution in [0.2, 0.25) is 0 Å². The molecular formula is C14H19FN2O. The molecule has 3 atom stereocenters. The molecule has 18 heavy (non-hydrogen) atoms. The number of nitrogens with zero attached hydrogens (tertiary/aromatic N) is 1. The Balaban J connectivity index is 1.70. The maximum atomic E-state index is 13.7. The fourth-order valence-electron chi connectivity index (χ4n) is 3.25. The van der Waals surface area contributed by atoms with E-state index in [0.29, 0.717) is 23.5 Å². The molecule has 0 spiro atoms. The maximum absolute atomic E-state index is 13.7. The monoisotopic (exact) mass is 250 g/mol. The molecule has 0 amide bonds. The van der Waals surface area contributed by atoms with Crippen molar-refractivity contribution in [1.29, 1.82) is 0 Å². The van der Waals surface area contributed by atoms with Gasteiger partial charge in [0.25, 0.3) is 0 Å². The Kier molecular flexibility index (Phi) is 2.90. The van der Waals surface area contributed by atoms with E-state index in [4.69, 9.17) is 10.5 Å². The number of ether oxygens (including phenoxy) is 1. The van der Waals surface area contributed by atoms with Gasteiger partial charge in [-0.2, -0.15) is 0 Å². The fourth-order valence-corrected chi connectivity index (χ4v) is 3.25. The Bertz CT molecular complexity index is 437. The Hall–Kier alpha value is -1.29. The number of piperidine rings is 1. The van der Waals surface area contributed by atoms with Gasteiger partial charge >= 0.3 is 0 Å². The minimum Gasteiger partial charge on any atom is -0.487 e. The summed E-state index contributed by atoms with van der Waals surface area (Å²) in [5.41, 5.74) is 5.96. The highest BCUT2D eigenvalue weighted by molar-refractivity contribution is 5.42. The molecule has 2 saturated heterocycles. The van der Waals surface area contributed by atoms with Gasteiger partial charge in [-0.3, -0.25) is 0 Å². The van der Waals surface area contributed by atoms with Crippen LogP contribution in [-0.4, -0.2) is 30.1 Å². The second kappa shape index (κ2) is 4.43. The van der Waals surface area contributed by atoms with E-state index in [1.807, 2.05) is 0 Å². The van der Waals surface area contributed by atoms with Gasteiger partial charge in [0, 0.05) is 23.8 Å². The third kappa shape index (κ3) is 2.05. The van der Waals surface area contributed by atoms with Gasteiger partial charge in [-0.15, -0.1) is 0 Å². The SMILES string of the molecule is CN1[C@@H]2CC[C@H]1CC(Oc1ccc(N)cc1F)C2. The van der Waals surface area contributed by atoms with Gasteiger partial charge in [0.05, 0.1) is 0 Å². The first kappa shape index (κ1) is 11.8. The topological polar surface area (TPSA) is 38.5 Å². The molecule has 98 valence electrons. The number of nitrogens with two attached hydrogens (primary N) is 1. The van der Waals surface area contributed by atoms with Gasteiger partial charge < -0.3 is 15.4 Å². The van der Waals surface area contributed by atoms with Gasteiger partial charge in [0.1, 0.15) is 6.10 Å². The van der Waals surface area contributed by atoms with Gasteiger partial charge in [-0.1, -0.05) is 0 Å². The summed E-state index contributed by atoms with van der Waals surface area (Å²) >= 11 is 0. The van der Waals surface area contributed by atoms with Crippen LogP contribution in [0, 0.1) is 5.82 Å². The molecule has 0 aliphatic carbocycles. The molecule has 1 unspecified atom stereocenters. The van der Waals surface area contributed by atoms with Gasteiger partial charge in [-0.25, -0.2) is 4.39 Å². The Morgan fingerprint density at radius 3 is 2.56 bits per heavy atom. The quantitative estimate of drug-likeness (QED) is 0.819. The van der Waals surface area contributed by atoms with Crippen molar-refractivity contribution >= 4 is 5.69 Å². The molecule has 0 aromatic heterocycles. The van der Waals surface area contributed by atoms with Crippen LogP contribution in [-0.2, 0) is 0 Å². The van der Waals surface area contributed by atoms with Crippen molar-refractivity contribution in [3.8, 4) is 5.75 Å². The number of nitrogen functional groups attached to an aromatic ring is 1. The second-order valence-electron chi connectivity index (χ2n) is 5.45. The zero-order valence-electron chi connectivity index (χ0n) is 10.6. The summed E-state index contributed by atoms with van der Waals surface area (Å²) in [6.07, 6.45) is 4.61. The molecular weight excluding hydrogens is 231 g/mol. The predicted molar refractivity (Wildman–Crippen MR) is 69.0 cm³/mol. The van der Waals surface area contributed by atoms with Gasteiger partial charge in [-0.05, 0) is 44.9 Å². The summed E-state index contributed by atoms with van der Waals surface area (Å²) < 4.78 is 19.5. The van der Waals surface area contributed by atoms with Crippen LogP contribution in [0.25, 0.3) is 0 Å². The van der Waals surface area contributed by atoms with Crippen molar-refractivity contribution < 1.29 is 9.13 Å². The summed E-state index contributed by atoms with van der Waals surface area (Å²) in [7, 11) is 2.18. The zero-order valence-corrected chi connectivity index (χ0v) is 10.6. The van der Waals surface area contributed by atoms with Crippen LogP contribution in [0.3, 0.4) is 0 Å². The van der Waals surface area contributed by atoms with E-state index in [-0.39, 0.29) is 11.9 Å². The third-order valence-electron chi connectivity index (χ3n) is 4.30. The lowest BCUT2D eigenvalue weighted by molar-refractivity contribution is 0.0636. The van der Waals surface area contributed by atoms with E-state index < -0.39 is 0 Å². The average molecular weight is 250 g/mol. The van der Waals surface area contributed by atoms with E-state index in [9.17, 15) is 4.39 Å². The van der Waals surface area contributed by atoms with Crippen molar-refractivity contribution in [2.75, 3.05) is 12.8 Å². The number of hydrogen-bond donors (Lipinski definition) is 1. The molecule has 0 radical (unpaired) electrons. The minimum atomic E-state index is -0.360. The highest BCUT2D eigenvalue weighted by Gasteiger charge is 2.39. The van der Waals surface area contributed by atoms with Crippen LogP contribution in [0.1, 0.15) is 25.7 Å². The summed E-state index contributed by atoms with van der Waals surface area (Å²) in [4.78, 5) is 2.44. The number of anilines is 1. The molecule has 2 bridgehead atoms. The summed E-state index contributed by atoms with van der Waals surface area (Å²) in [6.45, 7) is 0. The van der Waals surface area contributed by atoms with Gasteiger partial charge in [0.2, 0.25) is 0 Å². The molecule has 4 heteroatoms. The molecule has 2 fully saturated rings. The Morgan fingerprint density at radius 2 is 1.94 bits per heavy atom. The largest absolute Gasteiger partial charge is 0.487 e. The molecule has 3 nitrogen and oxygen atoms in total. The molecule has 3 rings (SSSR count). The summed E-state index contributed by atoms with van der Waals surface area (Å²) in [5, 5.41) is 0. The highest BCUT2D eigenvalue weighted by atomic mass is 19.1. The highest BCUT2D eigenvalue weighted by Crippen LogP contribution is 2.36. The van der Waals surface area contributed by atoms with E-state index >= 15 is 0 Å². The first-order valence-electron chi connectivity index (χ1n) is 6.57. The van der Waals surface area contributed by atoms with Crippen molar-refractivity contribution in [2.45, 2.75) is 43.9 Å². The van der Waals surface area contributed by atoms with Crippen LogP contribution >= 0.6 is 0 Å². The maximum Gasteiger partial charge on any atom is 0.167 e. The normalized spacial score (nSPS) is 31.6. The Labute approximate surface area is 107 Å². The first-order valence-corrected chi connectivity index (χ1v) is 6.57. The van der Waals surface area contributed by atoms with Crippen LogP contribution in [0.15, 0.2) is 18.2 Å². The molecule has 2 N–H and O–H groups in total. The van der Waals surface area contributed by atoms with Crippen molar-refractivity contribution in [3.63, 3.8) is 0 Å². The fraction of sp³-hybridized carbons (Fsp3) is 0.571. The number of hydrogen-bond acceptors (Lipinski definition) is 3. The van der Waals surface area contributed by atoms with E-state index in [1.54, 1.807) is 12.1 Å². The Morgan fingerprint density at radius 1 is 1.28 bits per heavy atom. The summed E-state index contributed by atoms with van der Waals surface area (Å²) in [6, 6.07) is 5.84. The lowest BCUT2D eigenvalue weighted by Gasteiger charge is -2.36. The zero-order chi connectivity index (χ0) is 12.7. The summed E-state index contributed by atoms with van der Waals surface area (Å²) in [5.74, 6) is -0.0283. The molecule has 2 aliphatic rings. The lowest BCUT2D eigenvalue weighted by atomic mass is 10.0. The van der Waals surface area contributed by atoms with Crippen LogP contribution < -0.4 is 10.5 Å². The molecule has 0 saturated carbocycles. The van der Waals surface area contributed by atoms with E-state index in [0.717, 1.165) is 12.8 Å². The van der Waals surface area contributed by atoms with Crippen molar-refractivity contribution in [2.24, 2.45) is 0 Å². The average Bonchev–Trinajstić information content (AvgIpc) is 2.57. The van der Waals surface area contributed by atoms with Crippen LogP contribution in [0.4, 0.5) is 10.1 Å². The van der Waals surface area contributed by atoms with E-state index in [2.05, 4.69) is 11.9 Å². The first-order chi connectivity index (χ1) is 8.63. The molecule has 1 aromatic rings. The number of rotatable bonds is 2. The molecule has 2 aliphatic heterocycles. The predicted octanol–water partition coefficient (Wildman–Crippen LogP) is 2.41. The molecule has 2 heterocycles. The van der Waals surface area contributed by atoms with E-state index in [1.165, 1.54) is 18.9 Å². The lowest BCUT2D eigenvalue weighted by Crippen LogP contribution is -2.43. The minimum absolute atomic E-state index is 0.136. The smallest absolute Gasteiger partial charge is 0.167 e. The van der Waals surface area contributed by atoms with Crippen molar-refractivity contribution in [3.05, 3.63) is 24.0 Å². The molecule has 1 aromatic carbocycles. The number of halogens is 1. The van der Waals surface area contributed by atoms with Gasteiger partial charge in [0.15, 0.2) is 11.6 Å². The number of fused-ring (bicyclic) bond motifs is 2. The number of benzene rings is 1. The van der Waals surface area contributed by atoms with Crippen LogP contribution in [0.5, 0.6) is 5.75 Å². The van der Waals surface area contributed by atoms with Crippen molar-refractivity contribution in [1.82, 2.24) is 4.90 Å². The third-order valence-corrected chi connectivity index (χ3v) is 4.30. The second-order valence-corrected chi connectivity index (χ2v) is 5.45. The standard InChI is InChI=1S/C14H19FN2O/c1-17-10-3-4-11(17)8-12(7-10)18-14-5-2-9(16)6-13(14)15/h2,5-6,10-12H,3-4,7-8,16H2,1H3/t10-,11+,12?.